The van der Waals surface area contributed by atoms with Crippen LogP contribution < -0.4 is 10.6 Å². The summed E-state index contributed by atoms with van der Waals surface area (Å²) in [4.78, 5) is 11.5. The molecule has 0 aliphatic rings. The van der Waals surface area contributed by atoms with E-state index in [1.165, 1.54) is 6.07 Å². The summed E-state index contributed by atoms with van der Waals surface area (Å²) in [6.45, 7) is -0.467. The van der Waals surface area contributed by atoms with Crippen LogP contribution in [0.3, 0.4) is 0 Å². The fourth-order valence-electron chi connectivity index (χ4n) is 1.09. The van der Waals surface area contributed by atoms with Gasteiger partial charge in [-0.25, -0.2) is 8.78 Å². The molecule has 0 saturated heterocycles. The van der Waals surface area contributed by atoms with Crippen molar-refractivity contribution in [1.82, 2.24) is 15.5 Å². The highest BCUT2D eigenvalue weighted by molar-refractivity contribution is 5.92. The molecule has 0 unspecified atom stereocenters. The topological polar surface area (TPSA) is 76.1 Å². The fraction of sp³-hybridized carbons (Fsp3) is 0.500. The number of amides is 1. The number of alkyl halides is 2. The Hall–Kier alpha value is -1.83. The summed E-state index contributed by atoms with van der Waals surface area (Å²) in [7, 11) is 1.68. The number of aromatic nitrogens is 2. The highest BCUT2D eigenvalue weighted by Crippen LogP contribution is 2.00. The van der Waals surface area contributed by atoms with E-state index in [1.54, 1.807) is 13.1 Å². The van der Waals surface area contributed by atoms with E-state index >= 15 is 0 Å². The maximum atomic E-state index is 11.7. The zero-order valence-corrected chi connectivity index (χ0v) is 9.82. The summed E-state index contributed by atoms with van der Waals surface area (Å²) >= 11 is 0. The van der Waals surface area contributed by atoms with Crippen molar-refractivity contribution >= 4 is 11.7 Å². The number of carbonyl (C=O) groups excluding carboxylic acids is 1. The number of halogens is 2. The minimum atomic E-state index is -2.50. The molecule has 1 aromatic heterocycles. The van der Waals surface area contributed by atoms with E-state index in [1.807, 2.05) is 0 Å². The van der Waals surface area contributed by atoms with Gasteiger partial charge in [0.2, 0.25) is 0 Å². The number of ether oxygens (including phenoxy) is 1. The Labute approximate surface area is 103 Å². The summed E-state index contributed by atoms with van der Waals surface area (Å²) < 4.78 is 28.0. The summed E-state index contributed by atoms with van der Waals surface area (Å²) in [5.74, 6) is 0.123. The minimum Gasteiger partial charge on any atom is -0.374 e. The monoisotopic (exact) mass is 260 g/mol. The van der Waals surface area contributed by atoms with Gasteiger partial charge in [0.25, 0.3) is 12.3 Å². The van der Waals surface area contributed by atoms with Crippen LogP contribution in [0.25, 0.3) is 0 Å². The van der Waals surface area contributed by atoms with Crippen LogP contribution in [0, 0.1) is 0 Å². The summed E-state index contributed by atoms with van der Waals surface area (Å²) in [5.41, 5.74) is 0.155. The number of nitrogens with one attached hydrogen (secondary N) is 2. The third-order valence-corrected chi connectivity index (χ3v) is 1.93. The van der Waals surface area contributed by atoms with Crippen LogP contribution in [0.15, 0.2) is 12.1 Å². The van der Waals surface area contributed by atoms with Crippen LogP contribution in [0.5, 0.6) is 0 Å². The number of rotatable bonds is 7. The van der Waals surface area contributed by atoms with Crippen molar-refractivity contribution in [3.8, 4) is 0 Å². The average Bonchev–Trinajstić information content (AvgIpc) is 2.38. The molecule has 1 rings (SSSR count). The van der Waals surface area contributed by atoms with Gasteiger partial charge in [0.15, 0.2) is 5.69 Å². The maximum Gasteiger partial charge on any atom is 0.271 e. The fourth-order valence-corrected chi connectivity index (χ4v) is 1.09. The number of nitrogens with zero attached hydrogens (tertiary/aromatic N) is 2. The maximum absolute atomic E-state index is 11.7. The Bertz CT molecular complexity index is 373. The third-order valence-electron chi connectivity index (χ3n) is 1.93. The Morgan fingerprint density at radius 3 is 2.78 bits per heavy atom. The molecule has 0 aliphatic carbocycles. The van der Waals surface area contributed by atoms with Gasteiger partial charge in [-0.05, 0) is 12.1 Å². The van der Waals surface area contributed by atoms with E-state index in [0.717, 1.165) is 0 Å². The van der Waals surface area contributed by atoms with Gasteiger partial charge in [-0.2, -0.15) is 0 Å². The largest absolute Gasteiger partial charge is 0.374 e. The van der Waals surface area contributed by atoms with Crippen molar-refractivity contribution < 1.29 is 18.3 Å². The Morgan fingerprint density at radius 2 is 2.22 bits per heavy atom. The van der Waals surface area contributed by atoms with E-state index in [-0.39, 0.29) is 18.8 Å². The molecule has 0 fully saturated rings. The first-order valence-electron chi connectivity index (χ1n) is 5.29. The van der Waals surface area contributed by atoms with Gasteiger partial charge >= 0.3 is 0 Å². The first-order chi connectivity index (χ1) is 8.63. The van der Waals surface area contributed by atoms with Crippen LogP contribution in [-0.4, -0.2) is 49.3 Å². The van der Waals surface area contributed by atoms with Gasteiger partial charge < -0.3 is 15.4 Å². The molecule has 6 nitrogen and oxygen atoms in total. The van der Waals surface area contributed by atoms with Crippen LogP contribution in [0.2, 0.25) is 0 Å². The highest BCUT2D eigenvalue weighted by atomic mass is 19.3. The number of anilines is 1. The smallest absolute Gasteiger partial charge is 0.271 e. The Morgan fingerprint density at radius 1 is 1.44 bits per heavy atom. The van der Waals surface area contributed by atoms with Crippen LogP contribution in [-0.2, 0) is 4.74 Å². The second-order valence-electron chi connectivity index (χ2n) is 3.28. The molecule has 0 saturated carbocycles. The van der Waals surface area contributed by atoms with Gasteiger partial charge in [-0.15, -0.1) is 10.2 Å². The first kappa shape index (κ1) is 14.2. The van der Waals surface area contributed by atoms with E-state index < -0.39 is 18.9 Å². The lowest BCUT2D eigenvalue weighted by atomic mass is 10.3. The normalized spacial score (nSPS) is 10.4. The highest BCUT2D eigenvalue weighted by Gasteiger charge is 2.07. The molecule has 8 heteroatoms. The van der Waals surface area contributed by atoms with Crippen molar-refractivity contribution in [2.75, 3.05) is 32.1 Å². The number of hydrogen-bond donors (Lipinski definition) is 2. The lowest BCUT2D eigenvalue weighted by molar-refractivity contribution is 0.0188. The minimum absolute atomic E-state index is 0.0259. The lowest BCUT2D eigenvalue weighted by Crippen LogP contribution is -2.28. The molecule has 0 aliphatic heterocycles. The van der Waals surface area contributed by atoms with Gasteiger partial charge in [0.05, 0.1) is 6.61 Å². The predicted molar refractivity (Wildman–Crippen MR) is 60.7 cm³/mol. The van der Waals surface area contributed by atoms with Crippen molar-refractivity contribution in [3.63, 3.8) is 0 Å². The molecule has 1 heterocycles. The summed E-state index contributed by atoms with van der Waals surface area (Å²) in [6.07, 6.45) is -2.50. The molecule has 0 atom stereocenters. The SMILES string of the molecule is CNc1ccc(C(=O)NCCOCC(F)F)nn1. The predicted octanol–water partition coefficient (Wildman–Crippen LogP) is 0.530. The van der Waals surface area contributed by atoms with E-state index in [0.29, 0.717) is 5.82 Å². The molecule has 100 valence electrons. The second-order valence-corrected chi connectivity index (χ2v) is 3.28. The Kier molecular flexibility index (Phi) is 5.92. The first-order valence-corrected chi connectivity index (χ1v) is 5.29. The molecule has 0 spiro atoms. The lowest BCUT2D eigenvalue weighted by Gasteiger charge is -2.05. The molecular formula is C10H14F2N4O2. The number of carbonyl (C=O) groups is 1. The van der Waals surface area contributed by atoms with Crippen LogP contribution in [0.1, 0.15) is 10.5 Å². The van der Waals surface area contributed by atoms with Crippen molar-refractivity contribution in [1.29, 1.82) is 0 Å². The molecule has 1 amide bonds. The molecule has 0 radical (unpaired) electrons. The zero-order valence-electron chi connectivity index (χ0n) is 9.82. The van der Waals surface area contributed by atoms with Gasteiger partial charge in [-0.1, -0.05) is 0 Å². The second kappa shape index (κ2) is 7.49. The van der Waals surface area contributed by atoms with Gasteiger partial charge in [0, 0.05) is 13.6 Å². The van der Waals surface area contributed by atoms with Crippen molar-refractivity contribution in [3.05, 3.63) is 17.8 Å². The average molecular weight is 260 g/mol. The van der Waals surface area contributed by atoms with Gasteiger partial charge in [-0.3, -0.25) is 4.79 Å². The Balaban J connectivity index is 2.27. The van der Waals surface area contributed by atoms with Gasteiger partial charge in [0.1, 0.15) is 12.4 Å². The molecule has 0 bridgehead atoms. The zero-order chi connectivity index (χ0) is 13.4. The molecule has 2 N–H and O–H groups in total. The summed E-state index contributed by atoms with van der Waals surface area (Å²) in [5, 5.41) is 12.7. The molecule has 1 aromatic rings. The van der Waals surface area contributed by atoms with E-state index in [2.05, 4.69) is 25.6 Å². The number of hydrogen-bond acceptors (Lipinski definition) is 5. The van der Waals surface area contributed by atoms with E-state index in [4.69, 9.17) is 0 Å². The van der Waals surface area contributed by atoms with Crippen molar-refractivity contribution in [2.45, 2.75) is 6.43 Å². The third kappa shape index (κ3) is 5.00. The quantitative estimate of drug-likeness (QED) is 0.699. The summed E-state index contributed by atoms with van der Waals surface area (Å²) in [6, 6.07) is 3.11. The van der Waals surface area contributed by atoms with Crippen molar-refractivity contribution in [2.24, 2.45) is 0 Å². The molecular weight excluding hydrogens is 246 g/mol. The van der Waals surface area contributed by atoms with Crippen LogP contribution >= 0.6 is 0 Å². The standard InChI is InChI=1S/C10H14F2N4O2/c1-13-9-3-2-7(15-16-9)10(17)14-4-5-18-6-8(11)12/h2-3,8H,4-6H2,1H3,(H,13,16)(H,14,17). The molecule has 18 heavy (non-hydrogen) atoms. The van der Waals surface area contributed by atoms with E-state index in [9.17, 15) is 13.6 Å². The van der Waals surface area contributed by atoms with Crippen LogP contribution in [0.4, 0.5) is 14.6 Å². The molecule has 0 aromatic carbocycles.